The number of thiazole rings is 1. The van der Waals surface area contributed by atoms with E-state index in [2.05, 4.69) is 15.3 Å². The maximum absolute atomic E-state index is 12.6. The summed E-state index contributed by atoms with van der Waals surface area (Å²) in [6.07, 6.45) is 1.57. The van der Waals surface area contributed by atoms with Crippen LogP contribution in [-0.4, -0.2) is 51.9 Å². The lowest BCUT2D eigenvalue weighted by Crippen LogP contribution is -2.49. The van der Waals surface area contributed by atoms with Crippen LogP contribution in [0.5, 0.6) is 0 Å². The number of hydrogen-bond donors (Lipinski definition) is 0. The molecule has 4 rings (SSSR count). The van der Waals surface area contributed by atoms with Crippen molar-refractivity contribution in [2.45, 2.75) is 6.42 Å². The molecule has 0 aromatic carbocycles. The molecule has 1 fully saturated rings. The van der Waals surface area contributed by atoms with Crippen molar-refractivity contribution < 1.29 is 9.72 Å². The zero-order valence-corrected chi connectivity index (χ0v) is 16.5. The highest BCUT2D eigenvalue weighted by molar-refractivity contribution is 7.14. The van der Waals surface area contributed by atoms with Gasteiger partial charge in [0.15, 0.2) is 0 Å². The summed E-state index contributed by atoms with van der Waals surface area (Å²) in [6, 6.07) is 5.13. The Labute approximate surface area is 169 Å². The van der Waals surface area contributed by atoms with Gasteiger partial charge in [0, 0.05) is 48.6 Å². The molecule has 0 N–H and O–H groups in total. The van der Waals surface area contributed by atoms with Gasteiger partial charge in [-0.3, -0.25) is 14.9 Å². The van der Waals surface area contributed by atoms with Gasteiger partial charge in [0.2, 0.25) is 5.91 Å². The number of carbonyl (C=O) groups excluding carboxylic acids is 1. The first-order chi connectivity index (χ1) is 13.6. The molecule has 0 bridgehead atoms. The van der Waals surface area contributed by atoms with Crippen molar-refractivity contribution in [2.24, 2.45) is 0 Å². The van der Waals surface area contributed by atoms with E-state index < -0.39 is 4.92 Å². The minimum Gasteiger partial charge on any atom is -0.353 e. The molecule has 1 amide bonds. The Kier molecular flexibility index (Phi) is 5.31. The molecule has 0 aliphatic carbocycles. The summed E-state index contributed by atoms with van der Waals surface area (Å²) in [6.45, 7) is 2.49. The highest BCUT2D eigenvalue weighted by atomic mass is 32.1. The van der Waals surface area contributed by atoms with E-state index in [1.54, 1.807) is 28.7 Å². The van der Waals surface area contributed by atoms with Crippen molar-refractivity contribution >= 4 is 40.1 Å². The molecule has 0 spiro atoms. The van der Waals surface area contributed by atoms with Crippen molar-refractivity contribution in [1.29, 1.82) is 0 Å². The van der Waals surface area contributed by atoms with Crippen molar-refractivity contribution in [1.82, 2.24) is 14.9 Å². The number of amides is 1. The Morgan fingerprint density at radius 1 is 1.18 bits per heavy atom. The van der Waals surface area contributed by atoms with Crippen molar-refractivity contribution in [3.05, 3.63) is 56.3 Å². The second-order valence-corrected chi connectivity index (χ2v) is 7.97. The molecular formula is C18H17N5O3S2. The summed E-state index contributed by atoms with van der Waals surface area (Å²) in [4.78, 5) is 35.5. The monoisotopic (exact) mass is 415 g/mol. The second kappa shape index (κ2) is 8.03. The lowest BCUT2D eigenvalue weighted by Gasteiger charge is -2.35. The molecule has 8 nitrogen and oxygen atoms in total. The fourth-order valence-corrected chi connectivity index (χ4v) is 4.56. The maximum Gasteiger partial charge on any atom is 0.287 e. The van der Waals surface area contributed by atoms with Gasteiger partial charge in [-0.25, -0.2) is 9.97 Å². The molecule has 3 aromatic heterocycles. The van der Waals surface area contributed by atoms with Crippen molar-refractivity contribution in [3.63, 3.8) is 0 Å². The number of thiophene rings is 1. The Hall–Kier alpha value is -2.85. The van der Waals surface area contributed by atoms with E-state index in [1.807, 2.05) is 26.6 Å². The number of pyridine rings is 1. The highest BCUT2D eigenvalue weighted by Gasteiger charge is 2.23. The maximum atomic E-state index is 12.6. The lowest BCUT2D eigenvalue weighted by molar-refractivity contribution is -0.385. The van der Waals surface area contributed by atoms with Crippen molar-refractivity contribution in [2.75, 3.05) is 31.1 Å². The molecule has 0 unspecified atom stereocenters. The smallest absolute Gasteiger partial charge is 0.287 e. The predicted molar refractivity (Wildman–Crippen MR) is 109 cm³/mol. The minimum atomic E-state index is -0.463. The Morgan fingerprint density at radius 3 is 2.64 bits per heavy atom. The van der Waals surface area contributed by atoms with Gasteiger partial charge in [-0.05, 0) is 17.5 Å². The van der Waals surface area contributed by atoms with Gasteiger partial charge in [-0.15, -0.1) is 11.3 Å². The molecule has 1 saturated heterocycles. The van der Waals surface area contributed by atoms with E-state index in [-0.39, 0.29) is 11.6 Å². The van der Waals surface area contributed by atoms with E-state index in [0.717, 1.165) is 16.3 Å². The number of carbonyl (C=O) groups is 1. The number of nitro groups is 1. The summed E-state index contributed by atoms with van der Waals surface area (Å²) in [7, 11) is 0. The SMILES string of the molecule is O=C(Cc1csc(-c2ccsc2)n1)N1CCN(c2ccc([N+](=O)[O-])cn2)CC1. The third-order valence-corrected chi connectivity index (χ3v) is 6.18. The van der Waals surface area contributed by atoms with Crippen LogP contribution in [0.2, 0.25) is 0 Å². The minimum absolute atomic E-state index is 0.0253. The topological polar surface area (TPSA) is 92.5 Å². The molecule has 0 saturated carbocycles. The molecule has 4 heterocycles. The van der Waals surface area contributed by atoms with E-state index >= 15 is 0 Å². The average Bonchev–Trinajstić information content (AvgIpc) is 3.40. The zero-order chi connectivity index (χ0) is 19.5. The van der Waals surface area contributed by atoms with Gasteiger partial charge in [0.25, 0.3) is 5.69 Å². The van der Waals surface area contributed by atoms with Gasteiger partial charge in [-0.1, -0.05) is 0 Å². The fraction of sp³-hybridized carbons (Fsp3) is 0.278. The molecule has 28 heavy (non-hydrogen) atoms. The number of nitrogens with zero attached hydrogens (tertiary/aromatic N) is 5. The van der Waals surface area contributed by atoms with Crippen LogP contribution in [0, 0.1) is 10.1 Å². The number of aromatic nitrogens is 2. The molecule has 10 heteroatoms. The third kappa shape index (κ3) is 4.02. The molecule has 0 radical (unpaired) electrons. The Bertz CT molecular complexity index is 964. The average molecular weight is 416 g/mol. The van der Waals surface area contributed by atoms with Gasteiger partial charge >= 0.3 is 0 Å². The normalized spacial score (nSPS) is 14.3. The van der Waals surface area contributed by atoms with Gasteiger partial charge in [-0.2, -0.15) is 11.3 Å². The standard InChI is InChI=1S/C18H17N5O3S2/c24-17(9-14-12-28-18(20-14)13-3-8-27-11-13)22-6-4-21(5-7-22)16-2-1-15(10-19-16)23(25)26/h1-3,8,10-12H,4-7,9H2. The van der Waals surface area contributed by atoms with Crippen LogP contribution >= 0.6 is 22.7 Å². The summed E-state index contributed by atoms with van der Waals surface area (Å²) < 4.78 is 0. The van der Waals surface area contributed by atoms with Crippen molar-refractivity contribution in [3.8, 4) is 10.6 Å². The van der Waals surface area contributed by atoms with E-state index in [0.29, 0.717) is 38.4 Å². The van der Waals surface area contributed by atoms with Crippen LogP contribution < -0.4 is 4.90 Å². The zero-order valence-electron chi connectivity index (χ0n) is 14.9. The first kappa shape index (κ1) is 18.5. The Balaban J connectivity index is 1.32. The van der Waals surface area contributed by atoms with E-state index in [1.165, 1.54) is 12.3 Å². The molecular weight excluding hydrogens is 398 g/mol. The lowest BCUT2D eigenvalue weighted by atomic mass is 10.2. The number of anilines is 1. The number of hydrogen-bond acceptors (Lipinski definition) is 8. The van der Waals surface area contributed by atoms with E-state index in [4.69, 9.17) is 0 Å². The van der Waals surface area contributed by atoms with Gasteiger partial charge in [0.05, 0.1) is 17.0 Å². The van der Waals surface area contributed by atoms with Crippen LogP contribution in [0.3, 0.4) is 0 Å². The highest BCUT2D eigenvalue weighted by Crippen LogP contribution is 2.26. The first-order valence-corrected chi connectivity index (χ1v) is 10.5. The fourth-order valence-electron chi connectivity index (χ4n) is 3.03. The Morgan fingerprint density at radius 2 is 2.00 bits per heavy atom. The van der Waals surface area contributed by atoms with E-state index in [9.17, 15) is 14.9 Å². The van der Waals surface area contributed by atoms with Crippen LogP contribution in [-0.2, 0) is 11.2 Å². The van der Waals surface area contributed by atoms with Gasteiger partial charge < -0.3 is 9.80 Å². The van der Waals surface area contributed by atoms with Gasteiger partial charge in [0.1, 0.15) is 17.0 Å². The summed E-state index contributed by atoms with van der Waals surface area (Å²) in [5.74, 6) is 0.760. The van der Waals surface area contributed by atoms with Crippen LogP contribution in [0.25, 0.3) is 10.6 Å². The van der Waals surface area contributed by atoms with Crippen LogP contribution in [0.4, 0.5) is 11.5 Å². The molecule has 3 aromatic rings. The molecule has 1 aliphatic rings. The summed E-state index contributed by atoms with van der Waals surface area (Å²) in [5.41, 5.74) is 1.87. The molecule has 144 valence electrons. The second-order valence-electron chi connectivity index (χ2n) is 6.33. The number of piperazine rings is 1. The largest absolute Gasteiger partial charge is 0.353 e. The first-order valence-electron chi connectivity index (χ1n) is 8.70. The summed E-state index contributed by atoms with van der Waals surface area (Å²) in [5, 5.41) is 17.7. The third-order valence-electron chi connectivity index (χ3n) is 4.55. The summed E-state index contributed by atoms with van der Waals surface area (Å²) >= 11 is 3.19. The number of rotatable bonds is 5. The molecule has 1 aliphatic heterocycles. The molecule has 0 atom stereocenters. The quantitative estimate of drug-likeness (QED) is 0.470. The van der Waals surface area contributed by atoms with Crippen LogP contribution in [0.1, 0.15) is 5.69 Å². The predicted octanol–water partition coefficient (Wildman–Crippen LogP) is 3.07. The van der Waals surface area contributed by atoms with Crippen LogP contribution in [0.15, 0.2) is 40.5 Å².